The summed E-state index contributed by atoms with van der Waals surface area (Å²) in [4.78, 5) is 22.0. The van der Waals surface area contributed by atoms with E-state index in [1.165, 1.54) is 30.5 Å². The minimum atomic E-state index is -0.871. The average molecular weight is 304 g/mol. The Balaban J connectivity index is 2.16. The van der Waals surface area contributed by atoms with Crippen LogP contribution in [0.3, 0.4) is 0 Å². The van der Waals surface area contributed by atoms with E-state index in [1.807, 2.05) is 0 Å². The van der Waals surface area contributed by atoms with Gasteiger partial charge in [0.1, 0.15) is 0 Å². The number of carbonyl (C=O) groups excluding carboxylic acids is 1. The monoisotopic (exact) mass is 304 g/mol. The van der Waals surface area contributed by atoms with Gasteiger partial charge in [-0.25, -0.2) is 4.79 Å². The molecule has 2 rings (SSSR count). The molecule has 114 valence electrons. The van der Waals surface area contributed by atoms with E-state index >= 15 is 0 Å². The second-order valence-corrected chi connectivity index (χ2v) is 3.95. The first kappa shape index (κ1) is 15.1. The van der Waals surface area contributed by atoms with Gasteiger partial charge in [0.2, 0.25) is 0 Å². The minimum Gasteiger partial charge on any atom is -0.856 e. The van der Waals surface area contributed by atoms with Crippen molar-refractivity contribution in [3.8, 4) is 5.88 Å². The predicted octanol–water partition coefficient (Wildman–Crippen LogP) is 0.319. The number of hydrogen-bond donors (Lipinski definition) is 0. The number of rotatable bonds is 5. The number of hydrogen-bond acceptors (Lipinski definition) is 8. The number of benzene rings is 1. The second-order valence-electron chi connectivity index (χ2n) is 3.95. The Hall–Kier alpha value is -3.30. The van der Waals surface area contributed by atoms with Crippen molar-refractivity contribution in [2.24, 2.45) is 5.10 Å². The fourth-order valence-corrected chi connectivity index (χ4v) is 1.47. The van der Waals surface area contributed by atoms with Gasteiger partial charge in [-0.15, -0.1) is 9.89 Å². The third-order valence-electron chi connectivity index (χ3n) is 2.50. The first-order valence-electron chi connectivity index (χ1n) is 6.11. The fourth-order valence-electron chi connectivity index (χ4n) is 1.47. The van der Waals surface area contributed by atoms with Gasteiger partial charge in [0.05, 0.1) is 17.7 Å². The molecule has 0 aliphatic rings. The number of aromatic nitrogens is 3. The standard InChI is InChI=1S/C12H11N5O5/c1-2-22-12(19)10-11(18)16(15-14-10)13-7-8-3-5-9(6-4-8)17(20)21/h3-7,18H,2H2,1H3/p-1. The molecule has 2 aromatic rings. The van der Waals surface area contributed by atoms with Gasteiger partial charge in [0.25, 0.3) is 5.69 Å². The molecule has 0 aliphatic heterocycles. The maximum absolute atomic E-state index is 11.8. The normalized spacial score (nSPS) is 10.8. The lowest BCUT2D eigenvalue weighted by Gasteiger charge is -2.05. The molecule has 1 heterocycles. The van der Waals surface area contributed by atoms with Crippen LogP contribution in [0.2, 0.25) is 0 Å². The van der Waals surface area contributed by atoms with Crippen LogP contribution in [-0.4, -0.2) is 38.8 Å². The van der Waals surface area contributed by atoms with Crippen molar-refractivity contribution < 1.29 is 19.6 Å². The molecular weight excluding hydrogens is 294 g/mol. The van der Waals surface area contributed by atoms with Crippen LogP contribution in [0.1, 0.15) is 23.0 Å². The van der Waals surface area contributed by atoms with E-state index in [4.69, 9.17) is 0 Å². The number of non-ortho nitro benzene ring substituents is 1. The Morgan fingerprint density at radius 2 is 2.14 bits per heavy atom. The predicted molar refractivity (Wildman–Crippen MR) is 71.5 cm³/mol. The maximum atomic E-state index is 11.8. The summed E-state index contributed by atoms with van der Waals surface area (Å²) in [6.07, 6.45) is 1.26. The van der Waals surface area contributed by atoms with Crippen molar-refractivity contribution in [3.05, 3.63) is 45.6 Å². The summed E-state index contributed by atoms with van der Waals surface area (Å²) in [5, 5.41) is 32.9. The van der Waals surface area contributed by atoms with Gasteiger partial charge >= 0.3 is 5.97 Å². The molecule has 0 aliphatic carbocycles. The van der Waals surface area contributed by atoms with Gasteiger partial charge in [-0.2, -0.15) is 5.10 Å². The summed E-state index contributed by atoms with van der Waals surface area (Å²) < 4.78 is 4.65. The largest absolute Gasteiger partial charge is 0.856 e. The number of nitrogens with zero attached hydrogens (tertiary/aromatic N) is 5. The van der Waals surface area contributed by atoms with Crippen LogP contribution in [0.4, 0.5) is 5.69 Å². The molecule has 0 saturated heterocycles. The van der Waals surface area contributed by atoms with Crippen LogP contribution in [0, 0.1) is 10.1 Å². The molecular formula is C12H10N5O5-. The minimum absolute atomic E-state index is 0.0629. The summed E-state index contributed by atoms with van der Waals surface area (Å²) in [5.41, 5.74) is -0.00657. The van der Waals surface area contributed by atoms with E-state index in [9.17, 15) is 20.0 Å². The summed E-state index contributed by atoms with van der Waals surface area (Å²) in [6.45, 7) is 1.71. The van der Waals surface area contributed by atoms with Crippen LogP contribution in [-0.2, 0) is 4.74 Å². The van der Waals surface area contributed by atoms with Crippen molar-refractivity contribution >= 4 is 17.9 Å². The first-order chi connectivity index (χ1) is 10.5. The summed E-state index contributed by atoms with van der Waals surface area (Å²) in [6, 6.07) is 5.50. The molecule has 0 spiro atoms. The van der Waals surface area contributed by atoms with E-state index < -0.39 is 22.5 Å². The zero-order valence-electron chi connectivity index (χ0n) is 11.4. The molecule has 0 atom stereocenters. The third kappa shape index (κ3) is 3.23. The van der Waals surface area contributed by atoms with Crippen molar-refractivity contribution in [2.45, 2.75) is 6.92 Å². The Kier molecular flexibility index (Phi) is 4.41. The van der Waals surface area contributed by atoms with Crippen molar-refractivity contribution in [3.63, 3.8) is 0 Å². The van der Waals surface area contributed by atoms with Crippen molar-refractivity contribution in [2.75, 3.05) is 6.61 Å². The highest BCUT2D eigenvalue weighted by molar-refractivity contribution is 5.89. The van der Waals surface area contributed by atoms with Crippen molar-refractivity contribution in [1.29, 1.82) is 0 Å². The third-order valence-corrected chi connectivity index (χ3v) is 2.50. The highest BCUT2D eigenvalue weighted by atomic mass is 16.6. The number of nitro benzene ring substituents is 1. The lowest BCUT2D eigenvalue weighted by atomic mass is 10.2. The maximum Gasteiger partial charge on any atom is 0.359 e. The Labute approximate surface area is 123 Å². The fraction of sp³-hybridized carbons (Fsp3) is 0.167. The quantitative estimate of drug-likeness (QED) is 0.336. The van der Waals surface area contributed by atoms with Crippen molar-refractivity contribution in [1.82, 2.24) is 15.1 Å². The zero-order valence-corrected chi connectivity index (χ0v) is 11.4. The molecule has 0 amide bonds. The highest BCUT2D eigenvalue weighted by Crippen LogP contribution is 2.12. The Morgan fingerprint density at radius 3 is 2.73 bits per heavy atom. The number of ether oxygens (including phenoxy) is 1. The van der Waals surface area contributed by atoms with E-state index in [0.29, 0.717) is 10.4 Å². The molecule has 22 heavy (non-hydrogen) atoms. The summed E-state index contributed by atoms with van der Waals surface area (Å²) in [7, 11) is 0. The first-order valence-corrected chi connectivity index (χ1v) is 6.11. The van der Waals surface area contributed by atoms with Crippen LogP contribution >= 0.6 is 0 Å². The van der Waals surface area contributed by atoms with E-state index in [1.54, 1.807) is 6.92 Å². The van der Waals surface area contributed by atoms with Crippen LogP contribution in [0.25, 0.3) is 0 Å². The number of carbonyl (C=O) groups is 1. The number of esters is 1. The van der Waals surface area contributed by atoms with Crippen LogP contribution in [0.5, 0.6) is 5.88 Å². The van der Waals surface area contributed by atoms with Gasteiger partial charge in [0.15, 0.2) is 5.69 Å². The van der Waals surface area contributed by atoms with E-state index in [-0.39, 0.29) is 12.3 Å². The molecule has 0 N–H and O–H groups in total. The average Bonchev–Trinajstić information content (AvgIpc) is 2.87. The Bertz CT molecular complexity index is 722. The lowest BCUT2D eigenvalue weighted by Crippen LogP contribution is -2.10. The lowest BCUT2D eigenvalue weighted by molar-refractivity contribution is -0.384. The Morgan fingerprint density at radius 1 is 1.45 bits per heavy atom. The van der Waals surface area contributed by atoms with Gasteiger partial charge in [-0.05, 0) is 29.8 Å². The molecule has 0 radical (unpaired) electrons. The molecule has 10 heteroatoms. The molecule has 0 saturated carbocycles. The summed E-state index contributed by atoms with van der Waals surface area (Å²) >= 11 is 0. The molecule has 10 nitrogen and oxygen atoms in total. The topological polar surface area (TPSA) is 136 Å². The van der Waals surface area contributed by atoms with Gasteiger partial charge < -0.3 is 9.84 Å². The van der Waals surface area contributed by atoms with E-state index in [2.05, 4.69) is 20.2 Å². The zero-order chi connectivity index (χ0) is 16.1. The van der Waals surface area contributed by atoms with Gasteiger partial charge in [0, 0.05) is 18.0 Å². The van der Waals surface area contributed by atoms with Gasteiger partial charge in [-0.1, -0.05) is 0 Å². The van der Waals surface area contributed by atoms with Crippen LogP contribution in [0.15, 0.2) is 29.4 Å². The molecule has 0 bridgehead atoms. The van der Waals surface area contributed by atoms with Gasteiger partial charge in [-0.3, -0.25) is 10.1 Å². The van der Waals surface area contributed by atoms with E-state index in [0.717, 1.165) is 0 Å². The molecule has 0 unspecified atom stereocenters. The smallest absolute Gasteiger partial charge is 0.359 e. The number of nitro groups is 1. The highest BCUT2D eigenvalue weighted by Gasteiger charge is 2.14. The second kappa shape index (κ2) is 6.43. The van der Waals surface area contributed by atoms with Crippen LogP contribution < -0.4 is 5.11 Å². The molecule has 0 fully saturated rings. The molecule has 1 aromatic heterocycles. The molecule has 1 aromatic carbocycles. The summed E-state index contributed by atoms with van der Waals surface area (Å²) in [5.74, 6) is -1.68. The SMILES string of the molecule is CCOC(=O)c1nnn(N=Cc2ccc([N+](=O)[O-])cc2)c1[O-].